The fraction of sp³-hybridized carbons (Fsp3) is 0.364. The lowest BCUT2D eigenvalue weighted by molar-refractivity contribution is 0.254. The second kappa shape index (κ2) is 10.8. The van der Waals surface area contributed by atoms with Gasteiger partial charge in [0, 0.05) is 23.0 Å². The molecule has 4 rings (SSSR count). The van der Waals surface area contributed by atoms with Crippen LogP contribution >= 0.6 is 24.0 Å². The molecule has 9 heteroatoms. The fourth-order valence-electron chi connectivity index (χ4n) is 3.65. The molecule has 1 aliphatic heterocycles. The summed E-state index contributed by atoms with van der Waals surface area (Å²) in [6.45, 7) is 3.99. The molecule has 1 aliphatic rings. The number of hydrogen-bond acceptors (Lipinski definition) is 6. The highest BCUT2D eigenvalue weighted by Crippen LogP contribution is 2.35. The molecule has 1 fully saturated rings. The third kappa shape index (κ3) is 5.67. The van der Waals surface area contributed by atoms with Crippen LogP contribution in [0.3, 0.4) is 0 Å². The number of fused-ring (bicyclic) bond motifs is 1. The van der Waals surface area contributed by atoms with Crippen molar-refractivity contribution in [1.82, 2.24) is 15.1 Å². The van der Waals surface area contributed by atoms with E-state index in [0.717, 1.165) is 18.4 Å². The van der Waals surface area contributed by atoms with Gasteiger partial charge in [-0.15, -0.1) is 12.4 Å². The number of benzene rings is 2. The van der Waals surface area contributed by atoms with Crippen LogP contribution in [0, 0.1) is 5.82 Å². The summed E-state index contributed by atoms with van der Waals surface area (Å²) in [5.41, 5.74) is 1.54. The standard InChI is InChI=1S/C22H24ClFN4O2.ClH/c1-29-21-12-16-19(13-22(21)30-10-4-9-28-7-2-3-8-28)27-25-14-20(16)26-18-6-5-15(23)11-17(18)24;/h5-6,11-14H,2-4,7-10H2,1H3,(H,26,27);1H. The molecule has 2 heterocycles. The van der Waals surface area contributed by atoms with Gasteiger partial charge in [-0.1, -0.05) is 11.6 Å². The molecule has 0 spiro atoms. The van der Waals surface area contributed by atoms with Gasteiger partial charge in [0.25, 0.3) is 0 Å². The Kier molecular flexibility index (Phi) is 8.12. The van der Waals surface area contributed by atoms with E-state index in [4.69, 9.17) is 21.1 Å². The van der Waals surface area contributed by atoms with Crippen LogP contribution in [0.2, 0.25) is 5.02 Å². The first-order chi connectivity index (χ1) is 14.6. The molecule has 1 N–H and O–H groups in total. The lowest BCUT2D eigenvalue weighted by Gasteiger charge is -2.16. The lowest BCUT2D eigenvalue weighted by atomic mass is 10.1. The smallest absolute Gasteiger partial charge is 0.163 e. The van der Waals surface area contributed by atoms with Gasteiger partial charge in [-0.3, -0.25) is 0 Å². The summed E-state index contributed by atoms with van der Waals surface area (Å²) in [7, 11) is 1.60. The Bertz CT molecular complexity index is 1030. The monoisotopic (exact) mass is 466 g/mol. The summed E-state index contributed by atoms with van der Waals surface area (Å²) < 4.78 is 25.7. The van der Waals surface area contributed by atoms with Crippen molar-refractivity contribution in [2.75, 3.05) is 38.7 Å². The van der Waals surface area contributed by atoms with Crippen molar-refractivity contribution in [3.63, 3.8) is 0 Å². The van der Waals surface area contributed by atoms with Crippen LogP contribution in [0.15, 0.2) is 36.5 Å². The molecule has 0 atom stereocenters. The maximum Gasteiger partial charge on any atom is 0.163 e. The molecular formula is C22H25Cl2FN4O2. The van der Waals surface area contributed by atoms with Gasteiger partial charge in [0.05, 0.1) is 36.8 Å². The van der Waals surface area contributed by atoms with Gasteiger partial charge in [0.1, 0.15) is 5.82 Å². The number of nitrogens with one attached hydrogen (secondary N) is 1. The minimum absolute atomic E-state index is 0. The number of likely N-dealkylation sites (tertiary alicyclic amines) is 1. The van der Waals surface area contributed by atoms with Crippen molar-refractivity contribution in [2.24, 2.45) is 0 Å². The Morgan fingerprint density at radius 1 is 1.13 bits per heavy atom. The summed E-state index contributed by atoms with van der Waals surface area (Å²) >= 11 is 5.84. The molecule has 1 saturated heterocycles. The molecule has 1 aromatic heterocycles. The van der Waals surface area contributed by atoms with Gasteiger partial charge in [0.15, 0.2) is 11.5 Å². The number of hydrogen-bond donors (Lipinski definition) is 1. The van der Waals surface area contributed by atoms with E-state index < -0.39 is 5.82 Å². The first-order valence-electron chi connectivity index (χ1n) is 10.0. The van der Waals surface area contributed by atoms with Crippen molar-refractivity contribution < 1.29 is 13.9 Å². The van der Waals surface area contributed by atoms with Crippen LogP contribution < -0.4 is 14.8 Å². The average molecular weight is 467 g/mol. The molecule has 31 heavy (non-hydrogen) atoms. The molecule has 0 unspecified atom stereocenters. The normalized spacial score (nSPS) is 13.8. The van der Waals surface area contributed by atoms with Gasteiger partial charge >= 0.3 is 0 Å². The van der Waals surface area contributed by atoms with Crippen LogP contribution in [0.5, 0.6) is 11.5 Å². The van der Waals surface area contributed by atoms with Gasteiger partial charge in [0.2, 0.25) is 0 Å². The zero-order chi connectivity index (χ0) is 20.9. The molecule has 0 saturated carbocycles. The minimum atomic E-state index is -0.447. The van der Waals surface area contributed by atoms with Crippen molar-refractivity contribution in [1.29, 1.82) is 0 Å². The molecule has 0 bridgehead atoms. The second-order valence-electron chi connectivity index (χ2n) is 7.28. The summed E-state index contributed by atoms with van der Waals surface area (Å²) in [6.07, 6.45) is 5.07. The van der Waals surface area contributed by atoms with E-state index >= 15 is 0 Å². The number of aromatic nitrogens is 2. The predicted molar refractivity (Wildman–Crippen MR) is 124 cm³/mol. The Labute approximate surface area is 192 Å². The Balaban J connectivity index is 0.00000272. The topological polar surface area (TPSA) is 59.5 Å². The van der Waals surface area contributed by atoms with Crippen molar-refractivity contribution in [3.8, 4) is 11.5 Å². The molecule has 0 radical (unpaired) electrons. The lowest BCUT2D eigenvalue weighted by Crippen LogP contribution is -2.21. The van der Waals surface area contributed by atoms with E-state index in [1.165, 1.54) is 32.0 Å². The minimum Gasteiger partial charge on any atom is -0.493 e. The Hall–Kier alpha value is -2.35. The van der Waals surface area contributed by atoms with Gasteiger partial charge < -0.3 is 19.7 Å². The zero-order valence-corrected chi connectivity index (χ0v) is 18.8. The van der Waals surface area contributed by atoms with Crippen LogP contribution in [0.25, 0.3) is 10.9 Å². The molecule has 2 aromatic carbocycles. The number of nitrogens with zero attached hydrogens (tertiary/aromatic N) is 3. The maximum atomic E-state index is 14.2. The largest absolute Gasteiger partial charge is 0.493 e. The highest BCUT2D eigenvalue weighted by Gasteiger charge is 2.14. The second-order valence-corrected chi connectivity index (χ2v) is 7.71. The summed E-state index contributed by atoms with van der Waals surface area (Å²) in [5, 5.41) is 12.4. The third-order valence-electron chi connectivity index (χ3n) is 5.20. The quantitative estimate of drug-likeness (QED) is 0.444. The van der Waals surface area contributed by atoms with Gasteiger partial charge in [-0.25, -0.2) is 4.39 Å². The molecule has 0 amide bonds. The number of anilines is 2. The number of ether oxygens (including phenoxy) is 2. The van der Waals surface area contributed by atoms with Crippen molar-refractivity contribution >= 4 is 46.3 Å². The van der Waals surface area contributed by atoms with Crippen molar-refractivity contribution in [2.45, 2.75) is 19.3 Å². The van der Waals surface area contributed by atoms with E-state index in [0.29, 0.717) is 40.0 Å². The highest BCUT2D eigenvalue weighted by atomic mass is 35.5. The van der Waals surface area contributed by atoms with Crippen molar-refractivity contribution in [3.05, 3.63) is 47.4 Å². The van der Waals surface area contributed by atoms with Crippen LogP contribution in [0.4, 0.5) is 15.8 Å². The number of rotatable bonds is 8. The molecular weight excluding hydrogens is 442 g/mol. The van der Waals surface area contributed by atoms with E-state index in [9.17, 15) is 4.39 Å². The van der Waals surface area contributed by atoms with Crippen LogP contribution in [0.1, 0.15) is 19.3 Å². The highest BCUT2D eigenvalue weighted by molar-refractivity contribution is 6.30. The number of halogens is 3. The summed E-state index contributed by atoms with van der Waals surface area (Å²) in [6, 6.07) is 8.10. The first-order valence-corrected chi connectivity index (χ1v) is 10.4. The van der Waals surface area contributed by atoms with E-state index in [1.54, 1.807) is 31.5 Å². The Morgan fingerprint density at radius 3 is 2.68 bits per heavy atom. The fourth-order valence-corrected chi connectivity index (χ4v) is 3.81. The zero-order valence-electron chi connectivity index (χ0n) is 17.2. The first kappa shape index (κ1) is 23.3. The Morgan fingerprint density at radius 2 is 1.94 bits per heavy atom. The summed E-state index contributed by atoms with van der Waals surface area (Å²) in [4.78, 5) is 2.46. The van der Waals surface area contributed by atoms with Gasteiger partial charge in [-0.2, -0.15) is 10.2 Å². The third-order valence-corrected chi connectivity index (χ3v) is 5.43. The molecule has 3 aromatic rings. The van der Waals surface area contributed by atoms with E-state index in [-0.39, 0.29) is 12.4 Å². The maximum absolute atomic E-state index is 14.2. The van der Waals surface area contributed by atoms with Crippen LogP contribution in [-0.4, -0.2) is 48.4 Å². The number of methoxy groups -OCH3 is 1. The summed E-state index contributed by atoms with van der Waals surface area (Å²) in [5.74, 6) is 0.768. The SMILES string of the molecule is COc1cc2c(Nc3ccc(Cl)cc3F)cnnc2cc1OCCCN1CCCC1.Cl. The molecule has 166 valence electrons. The van der Waals surface area contributed by atoms with Crippen LogP contribution in [-0.2, 0) is 0 Å². The average Bonchev–Trinajstić information content (AvgIpc) is 3.26. The predicted octanol–water partition coefficient (Wildman–Crippen LogP) is 5.46. The van der Waals surface area contributed by atoms with Gasteiger partial charge in [-0.05, 0) is 56.6 Å². The molecule has 6 nitrogen and oxygen atoms in total. The van der Waals surface area contributed by atoms with E-state index in [2.05, 4.69) is 20.4 Å². The van der Waals surface area contributed by atoms with E-state index in [1.807, 2.05) is 6.07 Å². The molecule has 0 aliphatic carbocycles.